The van der Waals surface area contributed by atoms with Crippen LogP contribution in [0.1, 0.15) is 5.56 Å². The number of hydrogen-bond acceptors (Lipinski definition) is 6. The number of anilines is 1. The van der Waals surface area contributed by atoms with Gasteiger partial charge in [-0.1, -0.05) is 24.3 Å². The summed E-state index contributed by atoms with van der Waals surface area (Å²) < 4.78 is 5.43. The lowest BCUT2D eigenvalue weighted by molar-refractivity contribution is -0.122. The summed E-state index contributed by atoms with van der Waals surface area (Å²) in [6.45, 7) is 0.774. The average molecular weight is 400 g/mol. The molecule has 28 heavy (non-hydrogen) atoms. The highest BCUT2D eigenvalue weighted by molar-refractivity contribution is 7.13. The number of hydrogen-bond donors (Lipinski definition) is 5. The summed E-state index contributed by atoms with van der Waals surface area (Å²) in [5.74, 6) is 0.455. The number of amides is 2. The molecule has 0 bridgehead atoms. The van der Waals surface area contributed by atoms with Crippen molar-refractivity contribution in [2.45, 2.75) is 12.5 Å². The molecule has 9 heteroatoms. The van der Waals surface area contributed by atoms with Crippen LogP contribution < -0.4 is 16.0 Å². The van der Waals surface area contributed by atoms with Crippen LogP contribution in [0.3, 0.4) is 0 Å². The first kappa shape index (κ1) is 19.4. The van der Waals surface area contributed by atoms with Crippen LogP contribution in [0.2, 0.25) is 0 Å². The molecule has 8 nitrogen and oxygen atoms in total. The summed E-state index contributed by atoms with van der Waals surface area (Å²) in [6, 6.07) is 13.2. The van der Waals surface area contributed by atoms with E-state index in [1.54, 1.807) is 12.1 Å². The van der Waals surface area contributed by atoms with Gasteiger partial charge in [-0.05, 0) is 41.4 Å². The maximum absolute atomic E-state index is 12.4. The lowest BCUT2D eigenvalue weighted by Crippen LogP contribution is -2.48. The number of phenols is 1. The molecule has 0 fully saturated rings. The van der Waals surface area contributed by atoms with Gasteiger partial charge >= 0.3 is 6.09 Å². The second kappa shape index (κ2) is 9.05. The van der Waals surface area contributed by atoms with Crippen molar-refractivity contribution in [1.29, 1.82) is 0 Å². The Hall–Kier alpha value is -3.33. The topological polar surface area (TPSA) is 124 Å². The molecule has 1 atom stereocenters. The van der Waals surface area contributed by atoms with Crippen molar-refractivity contribution < 1.29 is 19.8 Å². The van der Waals surface area contributed by atoms with Gasteiger partial charge in [0.15, 0.2) is 0 Å². The van der Waals surface area contributed by atoms with Crippen molar-refractivity contribution in [3.8, 4) is 5.75 Å². The second-order valence-electron chi connectivity index (χ2n) is 6.12. The molecule has 0 aliphatic rings. The molecule has 0 aliphatic heterocycles. The predicted molar refractivity (Wildman–Crippen MR) is 108 cm³/mol. The zero-order valence-corrected chi connectivity index (χ0v) is 15.7. The van der Waals surface area contributed by atoms with Crippen LogP contribution in [0.5, 0.6) is 5.75 Å². The van der Waals surface area contributed by atoms with E-state index in [9.17, 15) is 14.7 Å². The van der Waals surface area contributed by atoms with Crippen LogP contribution >= 0.6 is 11.5 Å². The lowest BCUT2D eigenvalue weighted by atomic mass is 10.1. The van der Waals surface area contributed by atoms with Crippen LogP contribution in [-0.4, -0.2) is 45.7 Å². The van der Waals surface area contributed by atoms with E-state index in [4.69, 9.17) is 5.11 Å². The molecule has 3 aromatic rings. The molecule has 1 heterocycles. The molecule has 1 aromatic heterocycles. The quantitative estimate of drug-likeness (QED) is 0.370. The average Bonchev–Trinajstić information content (AvgIpc) is 3.09. The van der Waals surface area contributed by atoms with Crippen LogP contribution in [0, 0.1) is 0 Å². The fourth-order valence-electron chi connectivity index (χ4n) is 2.73. The Labute approximate surface area is 165 Å². The third kappa shape index (κ3) is 5.10. The highest BCUT2D eigenvalue weighted by atomic mass is 32.1. The highest BCUT2D eigenvalue weighted by Gasteiger charge is 2.20. The number of carbonyl (C=O) groups is 2. The molecule has 0 spiro atoms. The van der Waals surface area contributed by atoms with Gasteiger partial charge in [-0.15, -0.1) is 0 Å². The third-order valence-electron chi connectivity index (χ3n) is 4.08. The van der Waals surface area contributed by atoms with Crippen molar-refractivity contribution in [3.05, 3.63) is 54.1 Å². The van der Waals surface area contributed by atoms with Gasteiger partial charge < -0.3 is 26.2 Å². The number of fused-ring (bicyclic) bond motifs is 1. The summed E-state index contributed by atoms with van der Waals surface area (Å²) in [5.41, 5.74) is 0.735. The molecule has 3 rings (SSSR count). The van der Waals surface area contributed by atoms with E-state index in [0.29, 0.717) is 13.1 Å². The van der Waals surface area contributed by atoms with E-state index in [2.05, 4.69) is 20.3 Å². The number of rotatable bonds is 8. The van der Waals surface area contributed by atoms with Gasteiger partial charge in [0.05, 0.1) is 4.70 Å². The molecule has 0 aliphatic carbocycles. The number of phenolic OH excluding ortho intramolecular Hbond substituents is 1. The van der Waals surface area contributed by atoms with Gasteiger partial charge in [0, 0.05) is 24.9 Å². The Kier molecular flexibility index (Phi) is 6.28. The second-order valence-corrected chi connectivity index (χ2v) is 6.92. The maximum atomic E-state index is 12.4. The summed E-state index contributed by atoms with van der Waals surface area (Å²) in [5, 5.41) is 27.5. The number of nitrogens with zero attached hydrogens (tertiary/aromatic N) is 1. The zero-order valence-electron chi connectivity index (χ0n) is 14.9. The lowest BCUT2D eigenvalue weighted by Gasteiger charge is -2.17. The number of nitrogens with one attached hydrogen (secondary N) is 3. The van der Waals surface area contributed by atoms with Gasteiger partial charge in [-0.2, -0.15) is 4.37 Å². The van der Waals surface area contributed by atoms with E-state index < -0.39 is 18.0 Å². The maximum Gasteiger partial charge on any atom is 0.405 e. The van der Waals surface area contributed by atoms with Crippen LogP contribution in [0.25, 0.3) is 10.1 Å². The summed E-state index contributed by atoms with van der Waals surface area (Å²) >= 11 is 1.40. The minimum atomic E-state index is -1.27. The smallest absolute Gasteiger partial charge is 0.405 e. The van der Waals surface area contributed by atoms with Crippen LogP contribution in [0.4, 0.5) is 10.6 Å². The number of aromatic hydroxyl groups is 1. The molecular weight excluding hydrogens is 380 g/mol. The highest BCUT2D eigenvalue weighted by Crippen LogP contribution is 2.25. The molecule has 1 unspecified atom stereocenters. The first-order chi connectivity index (χ1) is 13.5. The first-order valence-corrected chi connectivity index (χ1v) is 9.43. The van der Waals surface area contributed by atoms with Crippen LogP contribution in [-0.2, 0) is 11.2 Å². The molecule has 0 saturated carbocycles. The van der Waals surface area contributed by atoms with E-state index >= 15 is 0 Å². The fraction of sp³-hybridized carbons (Fsp3) is 0.211. The largest absolute Gasteiger partial charge is 0.508 e. The van der Waals surface area contributed by atoms with E-state index in [-0.39, 0.29) is 12.2 Å². The number of carboxylic acid groups (broad SMARTS) is 1. The van der Waals surface area contributed by atoms with Crippen molar-refractivity contribution >= 4 is 39.4 Å². The van der Waals surface area contributed by atoms with E-state index in [0.717, 1.165) is 21.5 Å². The SMILES string of the molecule is O=C(O)NC(Cc1ccc(O)cc1)C(=O)NCCNc1nsc2ccccc12. The standard InChI is InChI=1S/C19H20N4O4S/c24-13-7-5-12(6-8-13)11-15(22-19(26)27)18(25)21-10-9-20-17-14-3-1-2-4-16(14)28-23-17/h1-8,15,22,24H,9-11H2,(H,20,23)(H,21,25)(H,26,27). The fourth-order valence-corrected chi connectivity index (χ4v) is 3.48. The molecule has 146 valence electrons. The monoisotopic (exact) mass is 400 g/mol. The van der Waals surface area contributed by atoms with Gasteiger partial charge in [0.2, 0.25) is 5.91 Å². The number of carbonyl (C=O) groups excluding carboxylic acids is 1. The first-order valence-electron chi connectivity index (χ1n) is 8.66. The van der Waals surface area contributed by atoms with Crippen molar-refractivity contribution in [2.75, 3.05) is 18.4 Å². The van der Waals surface area contributed by atoms with Gasteiger partial charge in [0.25, 0.3) is 0 Å². The predicted octanol–water partition coefficient (Wildman–Crippen LogP) is 2.41. The number of benzene rings is 2. The number of aromatic nitrogens is 1. The molecule has 2 amide bonds. The van der Waals surface area contributed by atoms with E-state index in [1.165, 1.54) is 23.7 Å². The van der Waals surface area contributed by atoms with Crippen molar-refractivity contribution in [1.82, 2.24) is 15.0 Å². The Morgan fingerprint density at radius 2 is 1.82 bits per heavy atom. The Morgan fingerprint density at radius 3 is 2.57 bits per heavy atom. The van der Waals surface area contributed by atoms with Gasteiger partial charge in [-0.25, -0.2) is 4.79 Å². The summed E-state index contributed by atoms with van der Waals surface area (Å²) in [7, 11) is 0. The minimum absolute atomic E-state index is 0.108. The molecule has 5 N–H and O–H groups in total. The van der Waals surface area contributed by atoms with E-state index in [1.807, 2.05) is 24.3 Å². The van der Waals surface area contributed by atoms with Crippen LogP contribution in [0.15, 0.2) is 48.5 Å². The Bertz CT molecular complexity index is 958. The summed E-state index contributed by atoms with van der Waals surface area (Å²) in [4.78, 5) is 23.4. The van der Waals surface area contributed by atoms with Crippen molar-refractivity contribution in [2.24, 2.45) is 0 Å². The third-order valence-corrected chi connectivity index (χ3v) is 4.91. The Balaban J connectivity index is 1.52. The zero-order chi connectivity index (χ0) is 19.9. The summed E-state index contributed by atoms with van der Waals surface area (Å²) in [6.07, 6.45) is -1.09. The molecular formula is C19H20N4O4S. The molecule has 0 radical (unpaired) electrons. The van der Waals surface area contributed by atoms with Gasteiger partial charge in [-0.3, -0.25) is 4.79 Å². The molecule has 0 saturated heterocycles. The normalized spacial score (nSPS) is 11.7. The Morgan fingerprint density at radius 1 is 1.07 bits per heavy atom. The van der Waals surface area contributed by atoms with Crippen molar-refractivity contribution in [3.63, 3.8) is 0 Å². The van der Waals surface area contributed by atoms with Gasteiger partial charge in [0.1, 0.15) is 17.6 Å². The minimum Gasteiger partial charge on any atom is -0.508 e. The molecule has 2 aromatic carbocycles.